The summed E-state index contributed by atoms with van der Waals surface area (Å²) in [6.07, 6.45) is 8.17. The van der Waals surface area contributed by atoms with E-state index in [1.54, 1.807) is 12.1 Å². The molecule has 0 atom stereocenters. The van der Waals surface area contributed by atoms with Crippen molar-refractivity contribution >= 4 is 23.2 Å². The van der Waals surface area contributed by atoms with Crippen LogP contribution in [0.15, 0.2) is 48.5 Å². The Morgan fingerprint density at radius 1 is 0.960 bits per heavy atom. The van der Waals surface area contributed by atoms with Gasteiger partial charge in [0, 0.05) is 17.1 Å². The largest absolute Gasteiger partial charge is 0.457 e. The molecule has 2 aromatic rings. The van der Waals surface area contributed by atoms with E-state index >= 15 is 0 Å². The van der Waals surface area contributed by atoms with Crippen molar-refractivity contribution in [2.45, 2.75) is 44.9 Å². The van der Waals surface area contributed by atoms with Gasteiger partial charge >= 0.3 is 0 Å². The van der Waals surface area contributed by atoms with E-state index in [2.05, 4.69) is 5.32 Å². The summed E-state index contributed by atoms with van der Waals surface area (Å²) in [5.74, 6) is 2.28. The number of carbonyl (C=O) groups is 1. The highest BCUT2D eigenvalue weighted by Gasteiger charge is 2.14. The van der Waals surface area contributed by atoms with Crippen molar-refractivity contribution in [2.75, 3.05) is 5.32 Å². The molecule has 25 heavy (non-hydrogen) atoms. The molecule has 1 N–H and O–H groups in total. The van der Waals surface area contributed by atoms with Gasteiger partial charge in [-0.3, -0.25) is 4.79 Å². The molecule has 3 nitrogen and oxygen atoms in total. The van der Waals surface area contributed by atoms with Crippen LogP contribution in [-0.2, 0) is 4.79 Å². The summed E-state index contributed by atoms with van der Waals surface area (Å²) in [5.41, 5.74) is 0.803. The molecule has 0 saturated heterocycles. The molecule has 0 bridgehead atoms. The molecule has 0 heterocycles. The van der Waals surface area contributed by atoms with Gasteiger partial charge in [-0.2, -0.15) is 0 Å². The van der Waals surface area contributed by atoms with Gasteiger partial charge < -0.3 is 10.1 Å². The van der Waals surface area contributed by atoms with Crippen LogP contribution in [0.5, 0.6) is 11.5 Å². The van der Waals surface area contributed by atoms with Crippen LogP contribution in [0.25, 0.3) is 0 Å². The van der Waals surface area contributed by atoms with E-state index in [0.717, 1.165) is 29.5 Å². The quantitative estimate of drug-likeness (QED) is 0.646. The van der Waals surface area contributed by atoms with E-state index in [1.165, 1.54) is 32.1 Å². The zero-order chi connectivity index (χ0) is 17.5. The smallest absolute Gasteiger partial charge is 0.224 e. The highest BCUT2D eigenvalue weighted by molar-refractivity contribution is 6.30. The van der Waals surface area contributed by atoms with Gasteiger partial charge in [-0.25, -0.2) is 0 Å². The lowest BCUT2D eigenvalue weighted by Gasteiger charge is -2.21. The van der Waals surface area contributed by atoms with Gasteiger partial charge in [0.05, 0.1) is 0 Å². The van der Waals surface area contributed by atoms with Crippen LogP contribution in [0.3, 0.4) is 0 Å². The third-order valence-electron chi connectivity index (χ3n) is 4.69. The normalized spacial score (nSPS) is 14.9. The first-order chi connectivity index (χ1) is 12.2. The van der Waals surface area contributed by atoms with Gasteiger partial charge in [0.2, 0.25) is 5.91 Å². The van der Waals surface area contributed by atoms with Crippen LogP contribution < -0.4 is 10.1 Å². The third kappa shape index (κ3) is 5.79. The van der Waals surface area contributed by atoms with Crippen LogP contribution in [-0.4, -0.2) is 5.91 Å². The number of carbonyl (C=O) groups excluding carboxylic acids is 1. The second-order valence-corrected chi connectivity index (χ2v) is 7.11. The molecule has 0 aliphatic heterocycles. The summed E-state index contributed by atoms with van der Waals surface area (Å²) in [7, 11) is 0. The lowest BCUT2D eigenvalue weighted by molar-refractivity contribution is -0.116. The Bertz CT molecular complexity index is 676. The number of halogens is 1. The first-order valence-corrected chi connectivity index (χ1v) is 9.40. The average molecular weight is 358 g/mol. The van der Waals surface area contributed by atoms with Crippen molar-refractivity contribution in [1.29, 1.82) is 0 Å². The maximum Gasteiger partial charge on any atom is 0.224 e. The maximum atomic E-state index is 12.1. The molecule has 132 valence electrons. The predicted molar refractivity (Wildman–Crippen MR) is 102 cm³/mol. The number of hydrogen-bond acceptors (Lipinski definition) is 2. The van der Waals surface area contributed by atoms with E-state index in [9.17, 15) is 4.79 Å². The fourth-order valence-corrected chi connectivity index (χ4v) is 3.41. The lowest BCUT2D eigenvalue weighted by Crippen LogP contribution is -2.14. The second-order valence-electron chi connectivity index (χ2n) is 6.67. The number of ether oxygens (including phenoxy) is 1. The monoisotopic (exact) mass is 357 g/mol. The highest BCUT2D eigenvalue weighted by atomic mass is 35.5. The Morgan fingerprint density at radius 2 is 1.56 bits per heavy atom. The molecule has 4 heteroatoms. The Morgan fingerprint density at radius 3 is 2.20 bits per heavy atom. The molecule has 0 spiro atoms. The number of anilines is 1. The fourth-order valence-electron chi connectivity index (χ4n) is 3.28. The molecular formula is C21H24ClNO2. The van der Waals surface area contributed by atoms with Crippen molar-refractivity contribution in [2.24, 2.45) is 5.92 Å². The minimum atomic E-state index is 0.0944. The van der Waals surface area contributed by atoms with E-state index in [-0.39, 0.29) is 5.91 Å². The van der Waals surface area contributed by atoms with Gasteiger partial charge in [-0.1, -0.05) is 43.7 Å². The van der Waals surface area contributed by atoms with Crippen molar-refractivity contribution in [3.8, 4) is 11.5 Å². The van der Waals surface area contributed by atoms with Crippen LogP contribution in [0.2, 0.25) is 5.02 Å². The molecule has 3 rings (SSSR count). The number of amides is 1. The standard InChI is InChI=1S/C21H24ClNO2/c22-17-7-11-19(12-8-17)25-20-13-9-18(10-14-20)23-21(24)15-6-16-4-2-1-3-5-16/h7-14,16H,1-6,15H2,(H,23,24). The fraction of sp³-hybridized carbons (Fsp3) is 0.381. The van der Waals surface area contributed by atoms with Crippen molar-refractivity contribution in [1.82, 2.24) is 0 Å². The minimum absolute atomic E-state index is 0.0944. The first-order valence-electron chi connectivity index (χ1n) is 9.02. The molecule has 1 fully saturated rings. The van der Waals surface area contributed by atoms with Gasteiger partial charge in [-0.15, -0.1) is 0 Å². The summed E-state index contributed by atoms with van der Waals surface area (Å²) < 4.78 is 5.75. The first kappa shape index (κ1) is 17.8. The van der Waals surface area contributed by atoms with Crippen molar-refractivity contribution < 1.29 is 9.53 Å². The van der Waals surface area contributed by atoms with Gasteiger partial charge in [0.25, 0.3) is 0 Å². The number of hydrogen-bond donors (Lipinski definition) is 1. The third-order valence-corrected chi connectivity index (χ3v) is 4.94. The van der Waals surface area contributed by atoms with Gasteiger partial charge in [0.1, 0.15) is 11.5 Å². The van der Waals surface area contributed by atoms with E-state index in [1.807, 2.05) is 36.4 Å². The Labute approximate surface area is 154 Å². The van der Waals surface area contributed by atoms with Crippen LogP contribution in [0.4, 0.5) is 5.69 Å². The minimum Gasteiger partial charge on any atom is -0.457 e. The average Bonchev–Trinajstić information content (AvgIpc) is 2.64. The Hall–Kier alpha value is -2.00. The van der Waals surface area contributed by atoms with Crippen LogP contribution in [0.1, 0.15) is 44.9 Å². The topological polar surface area (TPSA) is 38.3 Å². The van der Waals surface area contributed by atoms with E-state index in [0.29, 0.717) is 11.4 Å². The number of benzene rings is 2. The van der Waals surface area contributed by atoms with Gasteiger partial charge in [-0.05, 0) is 60.9 Å². The molecule has 1 aliphatic rings. The van der Waals surface area contributed by atoms with E-state index in [4.69, 9.17) is 16.3 Å². The molecule has 0 unspecified atom stereocenters. The van der Waals surface area contributed by atoms with Crippen molar-refractivity contribution in [3.63, 3.8) is 0 Å². The highest BCUT2D eigenvalue weighted by Crippen LogP contribution is 2.28. The summed E-state index contributed by atoms with van der Waals surface area (Å²) in [4.78, 5) is 12.1. The number of rotatable bonds is 6. The molecule has 1 saturated carbocycles. The summed E-state index contributed by atoms with van der Waals surface area (Å²) >= 11 is 5.86. The zero-order valence-electron chi connectivity index (χ0n) is 14.3. The molecule has 2 aromatic carbocycles. The Balaban J connectivity index is 1.46. The Kier molecular flexibility index (Phi) is 6.35. The van der Waals surface area contributed by atoms with Crippen LogP contribution >= 0.6 is 11.6 Å². The number of nitrogens with one attached hydrogen (secondary N) is 1. The summed E-state index contributed by atoms with van der Waals surface area (Å²) in [6.45, 7) is 0. The lowest BCUT2D eigenvalue weighted by atomic mass is 9.86. The molecular weight excluding hydrogens is 334 g/mol. The molecule has 1 aliphatic carbocycles. The molecule has 0 aromatic heterocycles. The van der Waals surface area contributed by atoms with Crippen molar-refractivity contribution in [3.05, 3.63) is 53.6 Å². The predicted octanol–water partition coefficient (Wildman–Crippen LogP) is 6.43. The maximum absolute atomic E-state index is 12.1. The summed E-state index contributed by atoms with van der Waals surface area (Å²) in [5, 5.41) is 3.65. The molecule has 1 amide bonds. The SMILES string of the molecule is O=C(CCC1CCCCC1)Nc1ccc(Oc2ccc(Cl)cc2)cc1. The van der Waals surface area contributed by atoms with Gasteiger partial charge in [0.15, 0.2) is 0 Å². The molecule has 0 radical (unpaired) electrons. The zero-order valence-corrected chi connectivity index (χ0v) is 15.1. The summed E-state index contributed by atoms with van der Waals surface area (Å²) in [6, 6.07) is 14.7. The van der Waals surface area contributed by atoms with E-state index < -0.39 is 0 Å². The van der Waals surface area contributed by atoms with Crippen LogP contribution in [0, 0.1) is 5.92 Å². The second kappa shape index (κ2) is 8.91.